The van der Waals surface area contributed by atoms with E-state index in [4.69, 9.17) is 23.1 Å². The predicted molar refractivity (Wildman–Crippen MR) is 73.6 cm³/mol. The Bertz CT molecular complexity index is 579. The molecule has 2 aromatic rings. The lowest BCUT2D eigenvalue weighted by Gasteiger charge is -2.09. The first kappa shape index (κ1) is 12.5. The Kier molecular flexibility index (Phi) is 3.53. The van der Waals surface area contributed by atoms with Crippen LogP contribution in [0.4, 0.5) is 5.69 Å². The number of anilines is 1. The molecule has 0 aromatic heterocycles. The third-order valence-corrected chi connectivity index (χ3v) is 2.99. The van der Waals surface area contributed by atoms with Crippen molar-refractivity contribution in [1.29, 1.82) is 0 Å². The number of amides is 1. The van der Waals surface area contributed by atoms with E-state index < -0.39 is 5.91 Å². The monoisotopic (exact) mass is 260 g/mol. The molecular formula is C14H13ClN2O. The van der Waals surface area contributed by atoms with Crippen molar-refractivity contribution in [1.82, 2.24) is 0 Å². The van der Waals surface area contributed by atoms with Gasteiger partial charge in [-0.05, 0) is 35.7 Å². The number of hydrogen-bond donors (Lipinski definition) is 2. The molecule has 0 atom stereocenters. The maximum atomic E-state index is 11.4. The molecule has 2 aromatic carbocycles. The van der Waals surface area contributed by atoms with Crippen molar-refractivity contribution in [2.45, 2.75) is 6.42 Å². The van der Waals surface area contributed by atoms with Gasteiger partial charge in [-0.3, -0.25) is 4.79 Å². The minimum absolute atomic E-state index is 0.396. The summed E-state index contributed by atoms with van der Waals surface area (Å²) in [7, 11) is 0. The van der Waals surface area contributed by atoms with Crippen LogP contribution in [0, 0.1) is 0 Å². The standard InChI is InChI=1S/C14H13ClN2O/c15-11-6-4-9(5-7-11)8-10-2-1-3-12(16)13(10)14(17)18/h1-7H,8,16H2,(H2,17,18). The summed E-state index contributed by atoms with van der Waals surface area (Å²) in [6.07, 6.45) is 0.598. The molecule has 18 heavy (non-hydrogen) atoms. The number of benzene rings is 2. The van der Waals surface area contributed by atoms with E-state index in [-0.39, 0.29) is 0 Å². The fraction of sp³-hybridized carbons (Fsp3) is 0.0714. The van der Waals surface area contributed by atoms with Crippen molar-refractivity contribution in [3.8, 4) is 0 Å². The Morgan fingerprint density at radius 3 is 2.39 bits per heavy atom. The first-order valence-electron chi connectivity index (χ1n) is 5.49. The van der Waals surface area contributed by atoms with Gasteiger partial charge in [0.05, 0.1) is 5.56 Å². The maximum absolute atomic E-state index is 11.4. The lowest BCUT2D eigenvalue weighted by molar-refractivity contribution is 0.100. The number of halogens is 1. The molecule has 0 bridgehead atoms. The lowest BCUT2D eigenvalue weighted by Crippen LogP contribution is -2.16. The fourth-order valence-corrected chi connectivity index (χ4v) is 2.02. The van der Waals surface area contributed by atoms with Gasteiger partial charge in [0.1, 0.15) is 0 Å². The van der Waals surface area contributed by atoms with Gasteiger partial charge in [-0.25, -0.2) is 0 Å². The van der Waals surface area contributed by atoms with Crippen molar-refractivity contribution in [3.63, 3.8) is 0 Å². The van der Waals surface area contributed by atoms with Crippen LogP contribution in [-0.4, -0.2) is 5.91 Å². The molecule has 1 amide bonds. The highest BCUT2D eigenvalue weighted by molar-refractivity contribution is 6.30. The molecular weight excluding hydrogens is 248 g/mol. The SMILES string of the molecule is NC(=O)c1c(N)cccc1Cc1ccc(Cl)cc1. The third-order valence-electron chi connectivity index (χ3n) is 2.74. The van der Waals surface area contributed by atoms with Crippen LogP contribution < -0.4 is 11.5 Å². The van der Waals surface area contributed by atoms with Crippen LogP contribution in [0.25, 0.3) is 0 Å². The highest BCUT2D eigenvalue weighted by atomic mass is 35.5. The summed E-state index contributed by atoms with van der Waals surface area (Å²) >= 11 is 5.83. The molecule has 0 unspecified atom stereocenters. The van der Waals surface area contributed by atoms with E-state index in [1.807, 2.05) is 36.4 Å². The van der Waals surface area contributed by atoms with E-state index in [9.17, 15) is 4.79 Å². The second-order valence-electron chi connectivity index (χ2n) is 4.05. The van der Waals surface area contributed by atoms with E-state index in [1.165, 1.54) is 0 Å². The first-order chi connectivity index (χ1) is 8.58. The Balaban J connectivity index is 2.37. The van der Waals surface area contributed by atoms with Gasteiger partial charge in [0.2, 0.25) is 0 Å². The minimum atomic E-state index is -0.503. The van der Waals surface area contributed by atoms with Gasteiger partial charge in [-0.1, -0.05) is 35.9 Å². The van der Waals surface area contributed by atoms with Crippen LogP contribution in [0.5, 0.6) is 0 Å². The van der Waals surface area contributed by atoms with Crippen molar-refractivity contribution in [2.75, 3.05) is 5.73 Å². The van der Waals surface area contributed by atoms with Gasteiger partial charge < -0.3 is 11.5 Å². The summed E-state index contributed by atoms with van der Waals surface area (Å²) in [5.74, 6) is -0.503. The molecule has 4 heteroatoms. The van der Waals surface area contributed by atoms with E-state index >= 15 is 0 Å². The van der Waals surface area contributed by atoms with Crippen LogP contribution in [0.1, 0.15) is 21.5 Å². The van der Waals surface area contributed by atoms with Crippen molar-refractivity contribution < 1.29 is 4.79 Å². The predicted octanol–water partition coefficient (Wildman–Crippen LogP) is 2.61. The molecule has 4 N–H and O–H groups in total. The van der Waals surface area contributed by atoms with Crippen LogP contribution in [0.3, 0.4) is 0 Å². The molecule has 0 saturated carbocycles. The molecule has 0 aliphatic carbocycles. The summed E-state index contributed by atoms with van der Waals surface area (Å²) in [6.45, 7) is 0. The zero-order valence-electron chi connectivity index (χ0n) is 9.69. The Morgan fingerprint density at radius 2 is 1.78 bits per heavy atom. The molecule has 0 aliphatic rings. The van der Waals surface area contributed by atoms with Crippen molar-refractivity contribution >= 4 is 23.2 Å². The highest BCUT2D eigenvalue weighted by Gasteiger charge is 2.11. The molecule has 0 saturated heterocycles. The number of carbonyl (C=O) groups is 1. The third kappa shape index (κ3) is 2.63. The zero-order valence-corrected chi connectivity index (χ0v) is 10.4. The van der Waals surface area contributed by atoms with Crippen LogP contribution in [-0.2, 0) is 6.42 Å². The smallest absolute Gasteiger partial charge is 0.251 e. The number of carbonyl (C=O) groups excluding carboxylic acids is 1. The second kappa shape index (κ2) is 5.10. The Labute approximate surface area is 110 Å². The Hall–Kier alpha value is -2.00. The number of nitrogen functional groups attached to an aromatic ring is 1. The summed E-state index contributed by atoms with van der Waals surface area (Å²) < 4.78 is 0. The van der Waals surface area contributed by atoms with Crippen LogP contribution in [0.15, 0.2) is 42.5 Å². The maximum Gasteiger partial charge on any atom is 0.251 e. The summed E-state index contributed by atoms with van der Waals surface area (Å²) in [5.41, 5.74) is 13.8. The number of primary amides is 1. The molecule has 3 nitrogen and oxygen atoms in total. The van der Waals surface area contributed by atoms with Gasteiger partial charge in [-0.2, -0.15) is 0 Å². The topological polar surface area (TPSA) is 69.1 Å². The number of hydrogen-bond acceptors (Lipinski definition) is 2. The largest absolute Gasteiger partial charge is 0.398 e. The van der Waals surface area contributed by atoms with E-state index in [0.29, 0.717) is 22.7 Å². The van der Waals surface area contributed by atoms with Crippen LogP contribution >= 0.6 is 11.6 Å². The summed E-state index contributed by atoms with van der Waals surface area (Å²) in [6, 6.07) is 12.8. The van der Waals surface area contributed by atoms with E-state index in [0.717, 1.165) is 11.1 Å². The van der Waals surface area contributed by atoms with Crippen molar-refractivity contribution in [3.05, 3.63) is 64.2 Å². The van der Waals surface area contributed by atoms with Gasteiger partial charge in [0, 0.05) is 10.7 Å². The summed E-state index contributed by atoms with van der Waals surface area (Å²) in [5, 5.41) is 0.682. The second-order valence-corrected chi connectivity index (χ2v) is 4.49. The molecule has 0 spiro atoms. The molecule has 2 rings (SSSR count). The molecule has 0 heterocycles. The quantitative estimate of drug-likeness (QED) is 0.833. The fourth-order valence-electron chi connectivity index (χ4n) is 1.89. The molecule has 0 fully saturated rings. The Morgan fingerprint density at radius 1 is 1.11 bits per heavy atom. The molecule has 0 aliphatic heterocycles. The summed E-state index contributed by atoms with van der Waals surface area (Å²) in [4.78, 5) is 11.4. The van der Waals surface area contributed by atoms with Crippen LogP contribution in [0.2, 0.25) is 5.02 Å². The molecule has 92 valence electrons. The first-order valence-corrected chi connectivity index (χ1v) is 5.87. The van der Waals surface area contributed by atoms with E-state index in [1.54, 1.807) is 6.07 Å². The van der Waals surface area contributed by atoms with Gasteiger partial charge in [-0.15, -0.1) is 0 Å². The molecule has 0 radical (unpaired) electrons. The van der Waals surface area contributed by atoms with Gasteiger partial charge >= 0.3 is 0 Å². The number of nitrogens with two attached hydrogens (primary N) is 2. The normalized spacial score (nSPS) is 10.3. The average Bonchev–Trinajstić information content (AvgIpc) is 2.32. The van der Waals surface area contributed by atoms with Gasteiger partial charge in [0.25, 0.3) is 5.91 Å². The lowest BCUT2D eigenvalue weighted by atomic mass is 9.98. The van der Waals surface area contributed by atoms with Gasteiger partial charge in [0.15, 0.2) is 0 Å². The minimum Gasteiger partial charge on any atom is -0.398 e. The highest BCUT2D eigenvalue weighted by Crippen LogP contribution is 2.20. The van der Waals surface area contributed by atoms with Crippen molar-refractivity contribution in [2.24, 2.45) is 5.73 Å². The van der Waals surface area contributed by atoms with E-state index in [2.05, 4.69) is 0 Å². The number of rotatable bonds is 3. The average molecular weight is 261 g/mol. The zero-order chi connectivity index (χ0) is 13.1.